The molecule has 0 amide bonds. The predicted molar refractivity (Wildman–Crippen MR) is 84.4 cm³/mol. The van der Waals surface area contributed by atoms with Crippen molar-refractivity contribution in [1.82, 2.24) is 4.90 Å². The molecule has 0 bridgehead atoms. The summed E-state index contributed by atoms with van der Waals surface area (Å²) in [7, 11) is 0. The van der Waals surface area contributed by atoms with Crippen LogP contribution in [-0.2, 0) is 6.54 Å². The maximum Gasteiger partial charge on any atom is 0.0341 e. The number of hydrogen-bond acceptors (Lipinski definition) is 3. The molecule has 1 heterocycles. The molecule has 3 heteroatoms. The first kappa shape index (κ1) is 15.0. The van der Waals surface area contributed by atoms with Crippen molar-refractivity contribution >= 4 is 11.3 Å². The molecule has 2 atom stereocenters. The molecule has 2 N–H and O–H groups in total. The van der Waals surface area contributed by atoms with Gasteiger partial charge in [0.15, 0.2) is 0 Å². The van der Waals surface area contributed by atoms with Crippen LogP contribution in [0.25, 0.3) is 0 Å². The Morgan fingerprint density at radius 1 is 1.53 bits per heavy atom. The van der Waals surface area contributed by atoms with E-state index in [0.717, 1.165) is 19.0 Å². The lowest BCUT2D eigenvalue weighted by atomic mass is 9.91. The van der Waals surface area contributed by atoms with E-state index in [-0.39, 0.29) is 5.54 Å². The van der Waals surface area contributed by atoms with Crippen molar-refractivity contribution in [3.05, 3.63) is 22.4 Å². The van der Waals surface area contributed by atoms with Crippen LogP contribution in [0.1, 0.15) is 51.3 Å². The molecule has 0 radical (unpaired) electrons. The molecule has 0 aliphatic heterocycles. The molecule has 0 saturated heterocycles. The third kappa shape index (κ3) is 3.21. The van der Waals surface area contributed by atoms with Crippen LogP contribution in [0, 0.1) is 5.92 Å². The smallest absolute Gasteiger partial charge is 0.0341 e. The van der Waals surface area contributed by atoms with Crippen LogP contribution in [0.15, 0.2) is 17.5 Å². The fraction of sp³-hybridized carbons (Fsp3) is 0.750. The Morgan fingerprint density at radius 2 is 2.32 bits per heavy atom. The quantitative estimate of drug-likeness (QED) is 0.857. The summed E-state index contributed by atoms with van der Waals surface area (Å²) in [6, 6.07) is 4.95. The first-order valence-electron chi connectivity index (χ1n) is 7.60. The maximum absolute atomic E-state index is 6.22. The monoisotopic (exact) mass is 280 g/mol. The molecule has 2 unspecified atom stereocenters. The van der Waals surface area contributed by atoms with Gasteiger partial charge in [0.2, 0.25) is 0 Å². The second-order valence-corrected chi connectivity index (χ2v) is 7.28. The van der Waals surface area contributed by atoms with Crippen molar-refractivity contribution in [3.8, 4) is 0 Å². The zero-order valence-corrected chi connectivity index (χ0v) is 13.4. The molecule has 0 aromatic carbocycles. The molecule has 1 aliphatic rings. The second-order valence-electron chi connectivity index (χ2n) is 6.25. The summed E-state index contributed by atoms with van der Waals surface area (Å²) in [6.45, 7) is 8.79. The topological polar surface area (TPSA) is 29.3 Å². The van der Waals surface area contributed by atoms with E-state index in [1.165, 1.54) is 30.6 Å². The van der Waals surface area contributed by atoms with E-state index in [0.29, 0.717) is 6.04 Å². The van der Waals surface area contributed by atoms with Crippen molar-refractivity contribution in [3.63, 3.8) is 0 Å². The molecule has 1 aliphatic carbocycles. The van der Waals surface area contributed by atoms with E-state index >= 15 is 0 Å². The summed E-state index contributed by atoms with van der Waals surface area (Å²) in [5, 5.41) is 2.17. The number of hydrogen-bond donors (Lipinski definition) is 1. The van der Waals surface area contributed by atoms with Gasteiger partial charge in [0.25, 0.3) is 0 Å². The van der Waals surface area contributed by atoms with Crippen LogP contribution < -0.4 is 5.73 Å². The molecular formula is C16H28N2S. The Balaban J connectivity index is 2.16. The first-order chi connectivity index (χ1) is 9.11. The third-order valence-corrected chi connectivity index (χ3v) is 5.64. The van der Waals surface area contributed by atoms with E-state index in [1.807, 2.05) is 11.3 Å². The first-order valence-corrected chi connectivity index (χ1v) is 8.48. The van der Waals surface area contributed by atoms with Crippen molar-refractivity contribution in [1.29, 1.82) is 0 Å². The SMILES string of the molecule is CCC1CCC(CN)(N(Cc2cccs2)C(C)C)C1. The van der Waals surface area contributed by atoms with Gasteiger partial charge in [-0.3, -0.25) is 4.90 Å². The van der Waals surface area contributed by atoms with Crippen molar-refractivity contribution in [2.75, 3.05) is 6.54 Å². The fourth-order valence-corrected chi connectivity index (χ4v) is 4.30. The van der Waals surface area contributed by atoms with Gasteiger partial charge in [0.1, 0.15) is 0 Å². The lowest BCUT2D eigenvalue weighted by Gasteiger charge is -2.43. The molecule has 2 rings (SSSR count). The summed E-state index contributed by atoms with van der Waals surface area (Å²) >= 11 is 1.86. The zero-order chi connectivity index (χ0) is 13.9. The highest BCUT2D eigenvalue weighted by molar-refractivity contribution is 7.09. The van der Waals surface area contributed by atoms with Gasteiger partial charge in [0.05, 0.1) is 0 Å². The van der Waals surface area contributed by atoms with Gasteiger partial charge in [-0.05, 0) is 50.5 Å². The molecule has 1 saturated carbocycles. The van der Waals surface area contributed by atoms with Crippen LogP contribution in [-0.4, -0.2) is 23.0 Å². The van der Waals surface area contributed by atoms with E-state index < -0.39 is 0 Å². The largest absolute Gasteiger partial charge is 0.329 e. The normalized spacial score (nSPS) is 27.6. The van der Waals surface area contributed by atoms with Gasteiger partial charge in [-0.15, -0.1) is 11.3 Å². The summed E-state index contributed by atoms with van der Waals surface area (Å²) in [6.07, 6.45) is 5.20. The van der Waals surface area contributed by atoms with Crippen LogP contribution in [0.3, 0.4) is 0 Å². The van der Waals surface area contributed by atoms with Gasteiger partial charge in [-0.2, -0.15) is 0 Å². The van der Waals surface area contributed by atoms with Gasteiger partial charge in [0, 0.05) is 29.5 Å². The van der Waals surface area contributed by atoms with Gasteiger partial charge >= 0.3 is 0 Å². The average molecular weight is 280 g/mol. The summed E-state index contributed by atoms with van der Waals surface area (Å²) in [4.78, 5) is 4.12. The third-order valence-electron chi connectivity index (χ3n) is 4.78. The molecule has 1 aromatic rings. The lowest BCUT2D eigenvalue weighted by molar-refractivity contribution is 0.0551. The summed E-state index contributed by atoms with van der Waals surface area (Å²) in [5.41, 5.74) is 6.45. The van der Waals surface area contributed by atoms with Gasteiger partial charge in [-0.25, -0.2) is 0 Å². The van der Waals surface area contributed by atoms with Crippen LogP contribution >= 0.6 is 11.3 Å². The zero-order valence-electron chi connectivity index (χ0n) is 12.6. The Hall–Kier alpha value is -0.380. The highest BCUT2D eigenvalue weighted by Crippen LogP contribution is 2.41. The molecule has 1 fully saturated rings. The number of rotatable bonds is 6. The summed E-state index contributed by atoms with van der Waals surface area (Å²) in [5.74, 6) is 0.869. The maximum atomic E-state index is 6.22. The number of nitrogens with two attached hydrogens (primary N) is 1. The van der Waals surface area contributed by atoms with Crippen LogP contribution in [0.5, 0.6) is 0 Å². The molecule has 1 aromatic heterocycles. The Kier molecular flexibility index (Phi) is 5.04. The van der Waals surface area contributed by atoms with E-state index in [4.69, 9.17) is 5.73 Å². The standard InChI is InChI=1S/C16H28N2S/c1-4-14-7-8-16(10-14,12-17)18(13(2)3)11-15-6-5-9-19-15/h5-6,9,13-14H,4,7-8,10-12,17H2,1-3H3. The van der Waals surface area contributed by atoms with E-state index in [1.54, 1.807) is 0 Å². The Labute approximate surface area is 122 Å². The highest BCUT2D eigenvalue weighted by Gasteiger charge is 2.43. The van der Waals surface area contributed by atoms with Crippen molar-refractivity contribution in [2.45, 2.75) is 64.6 Å². The minimum Gasteiger partial charge on any atom is -0.329 e. The van der Waals surface area contributed by atoms with Gasteiger partial charge in [-0.1, -0.05) is 19.4 Å². The minimum absolute atomic E-state index is 0.235. The van der Waals surface area contributed by atoms with Crippen LogP contribution in [0.4, 0.5) is 0 Å². The number of thiophene rings is 1. The number of nitrogens with zero attached hydrogens (tertiary/aromatic N) is 1. The summed E-state index contributed by atoms with van der Waals surface area (Å²) < 4.78 is 0. The van der Waals surface area contributed by atoms with E-state index in [9.17, 15) is 0 Å². The van der Waals surface area contributed by atoms with E-state index in [2.05, 4.69) is 43.2 Å². The lowest BCUT2D eigenvalue weighted by Crippen LogP contribution is -2.54. The minimum atomic E-state index is 0.235. The predicted octanol–water partition coefficient (Wildman–Crippen LogP) is 3.87. The van der Waals surface area contributed by atoms with Crippen LogP contribution in [0.2, 0.25) is 0 Å². The fourth-order valence-electron chi connectivity index (χ4n) is 3.59. The molecule has 108 valence electrons. The molecular weight excluding hydrogens is 252 g/mol. The molecule has 19 heavy (non-hydrogen) atoms. The Bertz CT molecular complexity index is 374. The van der Waals surface area contributed by atoms with Crippen molar-refractivity contribution in [2.24, 2.45) is 11.7 Å². The Morgan fingerprint density at radius 3 is 2.79 bits per heavy atom. The molecule has 0 spiro atoms. The van der Waals surface area contributed by atoms with Gasteiger partial charge < -0.3 is 5.73 Å². The average Bonchev–Trinajstić information content (AvgIpc) is 3.05. The van der Waals surface area contributed by atoms with Crippen molar-refractivity contribution < 1.29 is 0 Å². The second kappa shape index (κ2) is 6.38. The highest BCUT2D eigenvalue weighted by atomic mass is 32.1. The molecule has 2 nitrogen and oxygen atoms in total.